The maximum Gasteiger partial charge on any atom is 3.00 e. The monoisotopic (exact) mass is 204 g/mol. The van der Waals surface area contributed by atoms with Crippen LogP contribution in [0, 0.1) is 0 Å². The van der Waals surface area contributed by atoms with Crippen molar-refractivity contribution >= 4 is 45.1 Å². The number of hydrogen-bond acceptors (Lipinski definition) is 3. The molecule has 0 saturated carbocycles. The van der Waals surface area contributed by atoms with Gasteiger partial charge in [0, 0.05) is 0 Å². The maximum atomic E-state index is 8.42. The number of rotatable bonds is 0. The van der Waals surface area contributed by atoms with Crippen molar-refractivity contribution in [1.82, 2.24) is 0 Å². The minimum atomic E-state index is -2.92. The first-order valence-electron chi connectivity index (χ1n) is 0.707. The first kappa shape index (κ1) is 22.8. The fraction of sp³-hybridized carbons (Fsp3) is 0. The normalized spacial score (nSPS) is 3.86. The topological polar surface area (TPSA) is 97.7 Å². The second-order valence-electron chi connectivity index (χ2n) is 0.289. The van der Waals surface area contributed by atoms with Crippen LogP contribution in [0.5, 0.6) is 0 Å². The molecule has 0 radical (unpaired) electrons. The molecule has 0 heterocycles. The SMILES string of the molecule is [Ca+2].[O-2].[O-]B([O-])[O-].[Y+3]. The van der Waals surface area contributed by atoms with Crippen molar-refractivity contribution in [2.24, 2.45) is 0 Å². The van der Waals surface area contributed by atoms with E-state index in [-0.39, 0.29) is 75.9 Å². The van der Waals surface area contributed by atoms with Crippen LogP contribution < -0.4 is 15.1 Å². The molecule has 0 bridgehead atoms. The van der Waals surface area contributed by atoms with Crippen molar-refractivity contribution in [2.45, 2.75) is 0 Å². The van der Waals surface area contributed by atoms with Gasteiger partial charge < -0.3 is 20.5 Å². The third kappa shape index (κ3) is 63.1. The molecule has 0 unspecified atom stereocenters. The molecule has 0 aliphatic carbocycles. The van der Waals surface area contributed by atoms with Crippen LogP contribution in [0.2, 0.25) is 0 Å². The third-order valence-electron chi connectivity index (χ3n) is 0. The maximum absolute atomic E-state index is 8.42. The zero-order valence-electron chi connectivity index (χ0n) is 3.49. The van der Waals surface area contributed by atoms with Crippen LogP contribution in [0.3, 0.4) is 0 Å². The van der Waals surface area contributed by atoms with E-state index in [0.717, 1.165) is 0 Å². The average molecular weight is 204 g/mol. The van der Waals surface area contributed by atoms with Crippen LogP contribution in [-0.4, -0.2) is 45.1 Å². The molecule has 0 aliphatic heterocycles. The van der Waals surface area contributed by atoms with E-state index in [1.807, 2.05) is 0 Å². The van der Waals surface area contributed by atoms with Gasteiger partial charge in [-0.05, 0) is 0 Å². The Bertz CT molecular complexity index is 16.4. The molecular formula is BCaO4Y. The van der Waals surface area contributed by atoms with Gasteiger partial charge in [-0.3, -0.25) is 7.32 Å². The molecule has 7 heavy (non-hydrogen) atoms. The van der Waals surface area contributed by atoms with Crippen LogP contribution in [0.25, 0.3) is 0 Å². The summed E-state index contributed by atoms with van der Waals surface area (Å²) in [6.07, 6.45) is 0. The largest absolute Gasteiger partial charge is 3.00 e. The minimum Gasteiger partial charge on any atom is -2.00 e. The molecular weight excluding hydrogens is 204 g/mol. The second-order valence-corrected chi connectivity index (χ2v) is 0.289. The summed E-state index contributed by atoms with van der Waals surface area (Å²) in [6.45, 7) is 0. The Kier molecular flexibility index (Phi) is 51.3. The van der Waals surface area contributed by atoms with Crippen molar-refractivity contribution < 1.29 is 53.3 Å². The van der Waals surface area contributed by atoms with E-state index in [9.17, 15) is 0 Å². The molecule has 0 amide bonds. The Labute approximate surface area is 96.7 Å². The summed E-state index contributed by atoms with van der Waals surface area (Å²) in [5.41, 5.74) is 0. The summed E-state index contributed by atoms with van der Waals surface area (Å²) in [7, 11) is -2.92. The van der Waals surface area contributed by atoms with Gasteiger partial charge in [0.1, 0.15) is 0 Å². The van der Waals surface area contributed by atoms with Crippen molar-refractivity contribution in [3.63, 3.8) is 0 Å². The molecule has 32 valence electrons. The summed E-state index contributed by atoms with van der Waals surface area (Å²) in [4.78, 5) is 0. The summed E-state index contributed by atoms with van der Waals surface area (Å²) < 4.78 is 0. The van der Waals surface area contributed by atoms with Crippen LogP contribution in [0.1, 0.15) is 0 Å². The molecule has 0 aromatic rings. The van der Waals surface area contributed by atoms with E-state index in [4.69, 9.17) is 15.1 Å². The molecule has 0 rings (SSSR count). The Morgan fingerprint density at radius 3 is 1.00 bits per heavy atom. The first-order chi connectivity index (χ1) is 1.73. The van der Waals surface area contributed by atoms with Crippen LogP contribution >= 0.6 is 0 Å². The van der Waals surface area contributed by atoms with Gasteiger partial charge in [-0.1, -0.05) is 0 Å². The second kappa shape index (κ2) is 15.7. The molecule has 7 heteroatoms. The molecule has 0 fully saturated rings. The van der Waals surface area contributed by atoms with Gasteiger partial charge in [0.2, 0.25) is 0 Å². The van der Waals surface area contributed by atoms with Crippen LogP contribution in [0.15, 0.2) is 0 Å². The Morgan fingerprint density at radius 1 is 1.00 bits per heavy atom. The van der Waals surface area contributed by atoms with E-state index in [1.165, 1.54) is 0 Å². The first-order valence-corrected chi connectivity index (χ1v) is 0.707. The third-order valence-corrected chi connectivity index (χ3v) is 0. The van der Waals surface area contributed by atoms with Crippen molar-refractivity contribution in [3.8, 4) is 0 Å². The summed E-state index contributed by atoms with van der Waals surface area (Å²) in [5.74, 6) is 0. The summed E-state index contributed by atoms with van der Waals surface area (Å²) in [5, 5.41) is 25.2. The van der Waals surface area contributed by atoms with E-state index < -0.39 is 7.32 Å². The van der Waals surface area contributed by atoms with Crippen LogP contribution in [-0.2, 0) is 38.2 Å². The molecule has 0 atom stereocenters. The summed E-state index contributed by atoms with van der Waals surface area (Å²) >= 11 is 0. The zero-order valence-corrected chi connectivity index (χ0v) is 8.54. The van der Waals surface area contributed by atoms with Crippen molar-refractivity contribution in [2.75, 3.05) is 0 Å². The molecule has 0 N–H and O–H groups in total. The Balaban J connectivity index is -0.0000000150. The predicted octanol–water partition coefficient (Wildman–Crippen LogP) is -4.45. The van der Waals surface area contributed by atoms with E-state index in [1.54, 1.807) is 0 Å². The Hall–Kier alpha value is 2.27. The summed E-state index contributed by atoms with van der Waals surface area (Å²) in [6, 6.07) is 0. The van der Waals surface area contributed by atoms with Gasteiger partial charge in [0.15, 0.2) is 0 Å². The van der Waals surface area contributed by atoms with E-state index >= 15 is 0 Å². The smallest absolute Gasteiger partial charge is 2.00 e. The van der Waals surface area contributed by atoms with Gasteiger partial charge in [-0.25, -0.2) is 0 Å². The van der Waals surface area contributed by atoms with Gasteiger partial charge in [-0.2, -0.15) is 0 Å². The zero-order chi connectivity index (χ0) is 3.58. The average Bonchev–Trinajstić information content (AvgIpc) is 0.811. The minimum absolute atomic E-state index is 0. The number of hydrogen-bond donors (Lipinski definition) is 0. The predicted molar refractivity (Wildman–Crippen MR) is 12.2 cm³/mol. The molecule has 0 aromatic carbocycles. The van der Waals surface area contributed by atoms with Gasteiger partial charge in [-0.15, -0.1) is 0 Å². The molecule has 0 spiro atoms. The van der Waals surface area contributed by atoms with Crippen LogP contribution in [0.4, 0.5) is 0 Å². The van der Waals surface area contributed by atoms with Crippen molar-refractivity contribution in [3.05, 3.63) is 0 Å². The van der Waals surface area contributed by atoms with E-state index in [0.29, 0.717) is 0 Å². The molecule has 4 nitrogen and oxygen atoms in total. The molecule has 0 saturated heterocycles. The van der Waals surface area contributed by atoms with Gasteiger partial charge in [0.25, 0.3) is 0 Å². The van der Waals surface area contributed by atoms with Gasteiger partial charge >= 0.3 is 70.4 Å². The Morgan fingerprint density at radius 2 is 1.00 bits per heavy atom. The quantitative estimate of drug-likeness (QED) is 0.372. The fourth-order valence-electron chi connectivity index (χ4n) is 0. The fourth-order valence-corrected chi connectivity index (χ4v) is 0. The standard InChI is InChI=1S/BO3.Ca.O.Y/c2-1(3)4;;;/q-3;+2;-2;+3. The van der Waals surface area contributed by atoms with Crippen molar-refractivity contribution in [1.29, 1.82) is 0 Å². The molecule has 0 aliphatic rings. The van der Waals surface area contributed by atoms with Gasteiger partial charge in [0.05, 0.1) is 0 Å². The van der Waals surface area contributed by atoms with E-state index in [2.05, 4.69) is 0 Å². The molecule has 0 aromatic heterocycles.